The van der Waals surface area contributed by atoms with E-state index in [-0.39, 0.29) is 34.4 Å². The average molecular weight is 619 g/mol. The van der Waals surface area contributed by atoms with Crippen LogP contribution in [0, 0.1) is 6.92 Å². The molecule has 0 saturated carbocycles. The predicted molar refractivity (Wildman–Crippen MR) is 163 cm³/mol. The topological polar surface area (TPSA) is 134 Å². The van der Waals surface area contributed by atoms with Gasteiger partial charge in [-0.15, -0.1) is 0 Å². The minimum atomic E-state index is -1.14. The third kappa shape index (κ3) is 5.76. The lowest BCUT2D eigenvalue weighted by molar-refractivity contribution is -0.132. The number of aliphatic hydroxyl groups is 1. The van der Waals surface area contributed by atoms with E-state index < -0.39 is 29.5 Å². The molecule has 2 aromatic carbocycles. The first-order valence-corrected chi connectivity index (χ1v) is 14.6. The summed E-state index contributed by atoms with van der Waals surface area (Å²) in [6.07, 6.45) is 3.03. The molecule has 0 spiro atoms. The molecule has 0 aliphatic carbocycles. The van der Waals surface area contributed by atoms with E-state index >= 15 is 0 Å². The van der Waals surface area contributed by atoms with Crippen LogP contribution in [-0.2, 0) is 14.3 Å². The van der Waals surface area contributed by atoms with Gasteiger partial charge in [0.2, 0.25) is 0 Å². The number of benzene rings is 2. The molecule has 1 amide bonds. The van der Waals surface area contributed by atoms with Crippen molar-refractivity contribution in [1.82, 2.24) is 4.98 Å². The number of ketones is 1. The zero-order valence-electron chi connectivity index (χ0n) is 24.2. The minimum absolute atomic E-state index is 0.00790. The second-order valence-electron chi connectivity index (χ2n) is 9.56. The SMILES string of the molecule is C=CCOC(=O)c1sc(N2C(=O)C(=O)/C(=C(/O)c3ccc4c(c3)OCCO4)C2c2ccc(OCC=C)c(OCC)c2)nc1C. The second-order valence-corrected chi connectivity index (χ2v) is 10.5. The molecular formula is C32H30N2O9S. The lowest BCUT2D eigenvalue weighted by Gasteiger charge is -2.24. The van der Waals surface area contributed by atoms with Crippen molar-refractivity contribution in [3.05, 3.63) is 89.0 Å². The first-order valence-electron chi connectivity index (χ1n) is 13.8. The van der Waals surface area contributed by atoms with Gasteiger partial charge in [-0.2, -0.15) is 0 Å². The lowest BCUT2D eigenvalue weighted by atomic mass is 9.95. The van der Waals surface area contributed by atoms with Crippen molar-refractivity contribution in [3.63, 3.8) is 0 Å². The van der Waals surface area contributed by atoms with Gasteiger partial charge in [0.05, 0.1) is 23.9 Å². The average Bonchev–Trinajstić information content (AvgIpc) is 3.54. The Morgan fingerprint density at radius 1 is 1.07 bits per heavy atom. The van der Waals surface area contributed by atoms with E-state index in [0.29, 0.717) is 54.1 Å². The highest BCUT2D eigenvalue weighted by atomic mass is 32.1. The highest BCUT2D eigenvalue weighted by Gasteiger charge is 2.49. The number of aryl methyl sites for hydroxylation is 1. The zero-order valence-corrected chi connectivity index (χ0v) is 25.0. The Kier molecular flexibility index (Phi) is 9.00. The lowest BCUT2D eigenvalue weighted by Crippen LogP contribution is -2.29. The summed E-state index contributed by atoms with van der Waals surface area (Å²) in [5.41, 5.74) is 0.811. The summed E-state index contributed by atoms with van der Waals surface area (Å²) in [5, 5.41) is 11.7. The van der Waals surface area contributed by atoms with Gasteiger partial charge in [0.15, 0.2) is 28.1 Å². The van der Waals surface area contributed by atoms with Crippen molar-refractivity contribution >= 4 is 39.9 Å². The van der Waals surface area contributed by atoms with Crippen molar-refractivity contribution in [1.29, 1.82) is 0 Å². The van der Waals surface area contributed by atoms with E-state index in [1.807, 2.05) is 6.92 Å². The molecule has 0 bridgehead atoms. The Hall–Kier alpha value is -5.10. The van der Waals surface area contributed by atoms with Crippen LogP contribution < -0.4 is 23.8 Å². The van der Waals surface area contributed by atoms with Crippen LogP contribution >= 0.6 is 11.3 Å². The van der Waals surface area contributed by atoms with Crippen LogP contribution in [0.25, 0.3) is 5.76 Å². The molecule has 2 aliphatic heterocycles. The Labute approximate surface area is 257 Å². The largest absolute Gasteiger partial charge is 0.507 e. The Bertz CT molecular complexity index is 1680. The summed E-state index contributed by atoms with van der Waals surface area (Å²) in [5.74, 6) is -1.25. The zero-order chi connectivity index (χ0) is 31.4. The summed E-state index contributed by atoms with van der Waals surface area (Å²) >= 11 is 0.902. The number of rotatable bonds is 11. The molecule has 228 valence electrons. The summed E-state index contributed by atoms with van der Waals surface area (Å²) in [4.78, 5) is 45.9. The van der Waals surface area contributed by atoms with Gasteiger partial charge in [-0.1, -0.05) is 42.7 Å². The molecule has 1 saturated heterocycles. The van der Waals surface area contributed by atoms with Crippen LogP contribution in [0.5, 0.6) is 23.0 Å². The molecule has 1 aromatic heterocycles. The van der Waals surface area contributed by atoms with Crippen molar-refractivity contribution in [3.8, 4) is 23.0 Å². The number of aliphatic hydroxyl groups excluding tert-OH is 1. The second kappa shape index (κ2) is 13.0. The molecular weight excluding hydrogens is 588 g/mol. The molecule has 1 N–H and O–H groups in total. The van der Waals surface area contributed by atoms with E-state index in [1.165, 1.54) is 11.0 Å². The van der Waals surface area contributed by atoms with Gasteiger partial charge >= 0.3 is 11.9 Å². The van der Waals surface area contributed by atoms with E-state index in [1.54, 1.807) is 49.4 Å². The molecule has 12 heteroatoms. The first kappa shape index (κ1) is 30.4. The molecule has 0 radical (unpaired) electrons. The van der Waals surface area contributed by atoms with Gasteiger partial charge in [0.1, 0.15) is 37.1 Å². The fraction of sp³-hybridized carbons (Fsp3) is 0.250. The maximum absolute atomic E-state index is 13.7. The summed E-state index contributed by atoms with van der Waals surface area (Å²) in [6.45, 7) is 11.9. The number of aromatic nitrogens is 1. The number of nitrogens with zero attached hydrogens (tertiary/aromatic N) is 2. The van der Waals surface area contributed by atoms with Gasteiger partial charge in [-0.05, 0) is 49.7 Å². The number of carbonyl (C=O) groups is 3. The number of esters is 1. The summed E-state index contributed by atoms with van der Waals surface area (Å²) in [7, 11) is 0. The van der Waals surface area contributed by atoms with E-state index in [9.17, 15) is 19.5 Å². The number of carbonyl (C=O) groups excluding carboxylic acids is 3. The molecule has 1 fully saturated rings. The van der Waals surface area contributed by atoms with Gasteiger partial charge < -0.3 is 28.8 Å². The highest BCUT2D eigenvalue weighted by molar-refractivity contribution is 7.17. The fourth-order valence-corrected chi connectivity index (χ4v) is 5.78. The Morgan fingerprint density at radius 2 is 1.82 bits per heavy atom. The monoisotopic (exact) mass is 618 g/mol. The quantitative estimate of drug-likeness (QED) is 0.101. The fourth-order valence-electron chi connectivity index (χ4n) is 4.80. The molecule has 5 rings (SSSR count). The van der Waals surface area contributed by atoms with Crippen LogP contribution in [0.3, 0.4) is 0 Å². The molecule has 2 aliphatic rings. The summed E-state index contributed by atoms with van der Waals surface area (Å²) < 4.78 is 28.0. The molecule has 3 heterocycles. The molecule has 44 heavy (non-hydrogen) atoms. The number of thiazole rings is 1. The van der Waals surface area contributed by atoms with Crippen LogP contribution in [0.2, 0.25) is 0 Å². The van der Waals surface area contributed by atoms with E-state index in [4.69, 9.17) is 23.7 Å². The molecule has 11 nitrogen and oxygen atoms in total. The normalized spacial score (nSPS) is 16.9. The number of ether oxygens (including phenoxy) is 5. The summed E-state index contributed by atoms with van der Waals surface area (Å²) in [6, 6.07) is 8.57. The Balaban J connectivity index is 1.68. The maximum atomic E-state index is 13.7. The predicted octanol–water partition coefficient (Wildman–Crippen LogP) is 5.16. The van der Waals surface area contributed by atoms with E-state index in [0.717, 1.165) is 11.3 Å². The third-order valence-electron chi connectivity index (χ3n) is 6.71. The van der Waals surface area contributed by atoms with Crippen LogP contribution in [0.4, 0.5) is 5.13 Å². The van der Waals surface area contributed by atoms with Gasteiger partial charge in [-0.25, -0.2) is 9.78 Å². The van der Waals surface area contributed by atoms with Crippen LogP contribution in [0.1, 0.15) is 39.5 Å². The van der Waals surface area contributed by atoms with Crippen LogP contribution in [-0.4, -0.2) is 60.8 Å². The molecule has 1 atom stereocenters. The molecule has 1 unspecified atom stereocenters. The maximum Gasteiger partial charge on any atom is 0.350 e. The van der Waals surface area contributed by atoms with E-state index in [2.05, 4.69) is 18.1 Å². The highest BCUT2D eigenvalue weighted by Crippen LogP contribution is 2.46. The van der Waals surface area contributed by atoms with Crippen molar-refractivity contribution in [2.45, 2.75) is 19.9 Å². The van der Waals surface area contributed by atoms with Crippen molar-refractivity contribution in [2.24, 2.45) is 0 Å². The van der Waals surface area contributed by atoms with Gasteiger partial charge in [0.25, 0.3) is 5.78 Å². The van der Waals surface area contributed by atoms with Crippen molar-refractivity contribution < 1.29 is 43.2 Å². The first-order chi connectivity index (χ1) is 21.3. The third-order valence-corrected chi connectivity index (χ3v) is 7.85. The number of hydrogen-bond donors (Lipinski definition) is 1. The number of amides is 1. The number of fused-ring (bicyclic) bond motifs is 1. The van der Waals surface area contributed by atoms with Crippen LogP contribution in [0.15, 0.2) is 67.3 Å². The minimum Gasteiger partial charge on any atom is -0.507 e. The number of anilines is 1. The smallest absolute Gasteiger partial charge is 0.350 e. The van der Waals surface area contributed by atoms with Gasteiger partial charge in [-0.3, -0.25) is 14.5 Å². The van der Waals surface area contributed by atoms with Gasteiger partial charge in [0, 0.05) is 5.56 Å². The Morgan fingerprint density at radius 3 is 2.55 bits per heavy atom. The van der Waals surface area contributed by atoms with Crippen molar-refractivity contribution in [2.75, 3.05) is 37.9 Å². The standard InChI is InChI=1S/C32H30N2O9S/c1-5-12-40-21-10-8-19(16-23(21)39-7-3)26-25(27(35)20-9-11-22-24(17-20)42-15-14-41-22)28(36)30(37)34(26)32-33-18(4)29(44-32)31(38)43-13-6-2/h5-6,8-11,16-17,26,35H,1-2,7,12-15H2,3-4H3/b27-25+. The molecule has 3 aromatic rings. The number of Topliss-reactive ketones (excluding diaryl/α,β-unsaturated/α-hetero) is 1. The number of hydrogen-bond acceptors (Lipinski definition) is 11.